The number of amidine groups is 1. The summed E-state index contributed by atoms with van der Waals surface area (Å²) < 4.78 is 20.3. The van der Waals surface area contributed by atoms with E-state index in [1.165, 1.54) is 42.2 Å². The number of rotatable bonds is 3. The molecule has 4 rings (SSSR count). The monoisotopic (exact) mass is 481 g/mol. The Balaban J connectivity index is 1.57. The molecule has 1 aromatic heterocycles. The van der Waals surface area contributed by atoms with Gasteiger partial charge in [-0.1, -0.05) is 11.8 Å². The molecule has 1 fully saturated rings. The highest BCUT2D eigenvalue weighted by Gasteiger charge is 2.57. The normalized spacial score (nSPS) is 21.3. The number of pyridine rings is 1. The lowest BCUT2D eigenvalue weighted by atomic mass is 10.0. The quantitative estimate of drug-likeness (QED) is 0.663. The zero-order valence-electron chi connectivity index (χ0n) is 19.0. The van der Waals surface area contributed by atoms with Crippen LogP contribution in [-0.2, 0) is 10.3 Å². The van der Waals surface area contributed by atoms with Gasteiger partial charge in [0.15, 0.2) is 5.17 Å². The molecule has 2 amide bonds. The van der Waals surface area contributed by atoms with Crippen LogP contribution < -0.4 is 10.6 Å². The van der Waals surface area contributed by atoms with Crippen LogP contribution in [0.3, 0.4) is 0 Å². The fourth-order valence-electron chi connectivity index (χ4n) is 3.88. The molecule has 0 saturated heterocycles. The Morgan fingerprint density at radius 3 is 2.74 bits per heavy atom. The second-order valence-corrected chi connectivity index (χ2v) is 10.3. The number of nitrogens with zero attached hydrogens (tertiary/aromatic N) is 3. The minimum Gasteiger partial charge on any atom is -0.444 e. The average molecular weight is 482 g/mol. The van der Waals surface area contributed by atoms with Crippen molar-refractivity contribution in [3.8, 4) is 6.07 Å². The number of hydrogen-bond acceptors (Lipinski definition) is 7. The first kappa shape index (κ1) is 23.7. The third-order valence-corrected chi connectivity index (χ3v) is 6.41. The summed E-state index contributed by atoms with van der Waals surface area (Å²) >= 11 is 1.40. The van der Waals surface area contributed by atoms with Crippen molar-refractivity contribution in [2.24, 2.45) is 10.9 Å². The zero-order valence-corrected chi connectivity index (χ0v) is 19.8. The van der Waals surface area contributed by atoms with Gasteiger partial charge < -0.3 is 10.1 Å². The number of anilines is 1. The van der Waals surface area contributed by atoms with E-state index in [2.05, 4.69) is 15.6 Å². The number of benzene rings is 1. The van der Waals surface area contributed by atoms with Crippen LogP contribution in [0.25, 0.3) is 0 Å². The highest BCUT2D eigenvalue weighted by molar-refractivity contribution is 8.13. The molecule has 1 aliphatic carbocycles. The molecule has 0 radical (unpaired) electrons. The predicted molar refractivity (Wildman–Crippen MR) is 127 cm³/mol. The number of halogens is 1. The van der Waals surface area contributed by atoms with Crippen LogP contribution in [-0.4, -0.2) is 33.5 Å². The maximum absolute atomic E-state index is 15.0. The van der Waals surface area contributed by atoms with Crippen LogP contribution in [0.2, 0.25) is 0 Å². The van der Waals surface area contributed by atoms with Gasteiger partial charge in [-0.05, 0) is 69.9 Å². The van der Waals surface area contributed by atoms with Crippen molar-refractivity contribution in [1.82, 2.24) is 10.3 Å². The molecule has 176 valence electrons. The van der Waals surface area contributed by atoms with Crippen molar-refractivity contribution < 1.29 is 18.7 Å². The number of aliphatic imine (C=N–C) groups is 1. The molecule has 2 unspecified atom stereocenters. The molecular formula is C24H24FN5O3S. The van der Waals surface area contributed by atoms with E-state index >= 15 is 0 Å². The first-order chi connectivity index (χ1) is 16.1. The van der Waals surface area contributed by atoms with Gasteiger partial charge in [0, 0.05) is 23.2 Å². The number of nitriles is 1. The standard InChI is InChI=1S/C24H24FN5O3S/c1-23(2,3)33-22(32)29-21-30-24(11-15(24)8-9-34-21)17-10-16(5-6-18(17)25)28-20(31)19-7-4-14(12-26)13-27-19/h4-7,10,13,15H,8-9,11H2,1-3H3,(H,28,31)(H,29,30,32). The number of hydrogen-bond donors (Lipinski definition) is 2. The summed E-state index contributed by atoms with van der Waals surface area (Å²) in [5.74, 6) is -0.0225. The summed E-state index contributed by atoms with van der Waals surface area (Å²) in [5.41, 5.74) is -0.192. The number of amides is 2. The van der Waals surface area contributed by atoms with E-state index in [0.29, 0.717) is 28.4 Å². The number of carbonyl (C=O) groups excluding carboxylic acids is 2. The van der Waals surface area contributed by atoms with Crippen molar-refractivity contribution in [2.75, 3.05) is 11.1 Å². The zero-order chi connectivity index (χ0) is 24.5. The molecule has 2 N–H and O–H groups in total. The fraction of sp³-hybridized carbons (Fsp3) is 0.375. The molecular weight excluding hydrogens is 457 g/mol. The molecule has 2 atom stereocenters. The van der Waals surface area contributed by atoms with Crippen molar-refractivity contribution in [1.29, 1.82) is 5.26 Å². The van der Waals surface area contributed by atoms with E-state index < -0.39 is 29.0 Å². The van der Waals surface area contributed by atoms with Gasteiger partial charge in [0.05, 0.1) is 11.1 Å². The molecule has 2 aromatic rings. The summed E-state index contributed by atoms with van der Waals surface area (Å²) in [5, 5.41) is 14.7. The second-order valence-electron chi connectivity index (χ2n) is 9.20. The lowest BCUT2D eigenvalue weighted by Crippen LogP contribution is -2.35. The summed E-state index contributed by atoms with van der Waals surface area (Å²) in [7, 11) is 0. The average Bonchev–Trinajstić information content (AvgIpc) is 3.48. The first-order valence-corrected chi connectivity index (χ1v) is 11.8. The predicted octanol–water partition coefficient (Wildman–Crippen LogP) is 4.58. The molecule has 0 spiro atoms. The molecule has 8 nitrogen and oxygen atoms in total. The van der Waals surface area contributed by atoms with Gasteiger partial charge in [0.1, 0.15) is 23.2 Å². The SMILES string of the molecule is CC(C)(C)OC(=O)NC1=NC2(c3cc(NC(=O)c4ccc(C#N)cn4)ccc3F)CC2CCS1. The number of alkyl carbamates (subject to hydrolysis) is 1. The Bertz CT molecular complexity index is 1200. The topological polar surface area (TPSA) is 116 Å². The van der Waals surface area contributed by atoms with Gasteiger partial charge in [-0.15, -0.1) is 0 Å². The number of ether oxygens (including phenoxy) is 1. The summed E-state index contributed by atoms with van der Waals surface area (Å²) in [6, 6.07) is 9.27. The highest BCUT2D eigenvalue weighted by Crippen LogP contribution is 2.59. The minimum atomic E-state index is -0.800. The van der Waals surface area contributed by atoms with Gasteiger partial charge in [0.25, 0.3) is 5.91 Å². The van der Waals surface area contributed by atoms with E-state index in [4.69, 9.17) is 15.0 Å². The van der Waals surface area contributed by atoms with Crippen molar-refractivity contribution in [3.05, 3.63) is 59.2 Å². The second kappa shape index (κ2) is 9.06. The van der Waals surface area contributed by atoms with Crippen LogP contribution in [0.5, 0.6) is 0 Å². The van der Waals surface area contributed by atoms with E-state index in [1.807, 2.05) is 6.07 Å². The molecule has 1 aromatic carbocycles. The first-order valence-electron chi connectivity index (χ1n) is 10.8. The summed E-state index contributed by atoms with van der Waals surface area (Å²) in [6.07, 6.45) is 2.18. The van der Waals surface area contributed by atoms with Crippen LogP contribution in [0.15, 0.2) is 41.5 Å². The third kappa shape index (κ3) is 5.20. The minimum absolute atomic E-state index is 0.138. The van der Waals surface area contributed by atoms with Gasteiger partial charge in [-0.25, -0.2) is 14.2 Å². The molecule has 1 aliphatic heterocycles. The number of nitrogens with one attached hydrogen (secondary N) is 2. The van der Waals surface area contributed by atoms with E-state index in [1.54, 1.807) is 26.8 Å². The molecule has 34 heavy (non-hydrogen) atoms. The highest BCUT2D eigenvalue weighted by atomic mass is 32.2. The van der Waals surface area contributed by atoms with Crippen LogP contribution in [0.4, 0.5) is 14.9 Å². The van der Waals surface area contributed by atoms with Gasteiger partial charge in [0.2, 0.25) is 0 Å². The van der Waals surface area contributed by atoms with Gasteiger partial charge in [-0.2, -0.15) is 5.26 Å². The van der Waals surface area contributed by atoms with Crippen molar-refractivity contribution >= 4 is 34.6 Å². The number of aromatic nitrogens is 1. The summed E-state index contributed by atoms with van der Waals surface area (Å²) in [4.78, 5) is 33.6. The van der Waals surface area contributed by atoms with Crippen LogP contribution >= 0.6 is 11.8 Å². The van der Waals surface area contributed by atoms with Crippen molar-refractivity contribution in [3.63, 3.8) is 0 Å². The molecule has 1 saturated carbocycles. The van der Waals surface area contributed by atoms with E-state index in [-0.39, 0.29) is 11.6 Å². The van der Waals surface area contributed by atoms with Crippen LogP contribution in [0, 0.1) is 23.1 Å². The number of carbonyl (C=O) groups is 2. The molecule has 2 heterocycles. The van der Waals surface area contributed by atoms with Crippen LogP contribution in [0.1, 0.15) is 55.2 Å². The lowest BCUT2D eigenvalue weighted by Gasteiger charge is -2.20. The largest absolute Gasteiger partial charge is 0.444 e. The summed E-state index contributed by atoms with van der Waals surface area (Å²) in [6.45, 7) is 5.32. The van der Waals surface area contributed by atoms with Gasteiger partial charge in [-0.3, -0.25) is 15.1 Å². The number of thioether (sulfide) groups is 1. The van der Waals surface area contributed by atoms with E-state index in [0.717, 1.165) is 12.2 Å². The molecule has 2 aliphatic rings. The van der Waals surface area contributed by atoms with Gasteiger partial charge >= 0.3 is 6.09 Å². The number of fused-ring (bicyclic) bond motifs is 1. The smallest absolute Gasteiger partial charge is 0.413 e. The molecule has 10 heteroatoms. The Morgan fingerprint density at radius 1 is 1.26 bits per heavy atom. The Morgan fingerprint density at radius 2 is 2.06 bits per heavy atom. The molecule has 0 bridgehead atoms. The maximum Gasteiger partial charge on any atom is 0.413 e. The lowest BCUT2D eigenvalue weighted by molar-refractivity contribution is 0.0564. The fourth-order valence-corrected chi connectivity index (χ4v) is 4.85. The maximum atomic E-state index is 15.0. The Hall–Kier alpha value is -3.45. The van der Waals surface area contributed by atoms with E-state index in [9.17, 15) is 14.0 Å². The Kier molecular flexibility index (Phi) is 6.32. The Labute approximate surface area is 201 Å². The third-order valence-electron chi connectivity index (χ3n) is 5.50. The van der Waals surface area contributed by atoms with Crippen molar-refractivity contribution in [2.45, 2.75) is 44.8 Å².